The molecule has 0 bridgehead atoms. The van der Waals surface area contributed by atoms with E-state index in [0.717, 1.165) is 5.56 Å². The lowest BCUT2D eigenvalue weighted by Gasteiger charge is -2.20. The first-order valence-corrected chi connectivity index (χ1v) is 11.7. The molecule has 1 aliphatic rings. The third-order valence-electron chi connectivity index (χ3n) is 4.21. The Kier molecular flexibility index (Phi) is 5.97. The van der Waals surface area contributed by atoms with Crippen molar-refractivity contribution in [3.05, 3.63) is 33.7 Å². The number of carbonyl (C=O) groups is 2. The van der Waals surface area contributed by atoms with Crippen molar-refractivity contribution in [1.82, 2.24) is 4.98 Å². The number of thiazole rings is 1. The number of sulfone groups is 1. The molecule has 1 aliphatic heterocycles. The third kappa shape index (κ3) is 4.39. The van der Waals surface area contributed by atoms with Gasteiger partial charge in [0.2, 0.25) is 11.8 Å². The maximum atomic E-state index is 13.0. The average molecular weight is 472 g/mol. The summed E-state index contributed by atoms with van der Waals surface area (Å²) in [5.74, 6) is -0.878. The van der Waals surface area contributed by atoms with E-state index in [1.807, 2.05) is 6.07 Å². The van der Waals surface area contributed by atoms with Crippen LogP contribution < -0.4 is 10.2 Å². The van der Waals surface area contributed by atoms with E-state index in [1.54, 1.807) is 18.5 Å². The summed E-state index contributed by atoms with van der Waals surface area (Å²) in [5, 5.41) is 4.73. The van der Waals surface area contributed by atoms with Gasteiger partial charge in [-0.2, -0.15) is 0 Å². The van der Waals surface area contributed by atoms with Crippen LogP contribution in [0.25, 0.3) is 0 Å². The van der Waals surface area contributed by atoms with E-state index >= 15 is 0 Å². The lowest BCUT2D eigenvalue weighted by Crippen LogP contribution is -2.29. The minimum absolute atomic E-state index is 0.0909. The van der Waals surface area contributed by atoms with Crippen LogP contribution >= 0.6 is 27.3 Å². The lowest BCUT2D eigenvalue weighted by atomic mass is 10.2. The Labute approximate surface area is 169 Å². The molecular weight excluding hydrogens is 454 g/mol. The van der Waals surface area contributed by atoms with Gasteiger partial charge < -0.3 is 10.2 Å². The summed E-state index contributed by atoms with van der Waals surface area (Å²) in [4.78, 5) is 29.8. The van der Waals surface area contributed by atoms with Gasteiger partial charge in [-0.25, -0.2) is 13.4 Å². The summed E-state index contributed by atoms with van der Waals surface area (Å²) in [6.07, 6.45) is 2.27. The maximum absolute atomic E-state index is 13.0. The molecule has 0 spiro atoms. The Morgan fingerprint density at radius 1 is 1.37 bits per heavy atom. The molecule has 3 rings (SSSR count). The van der Waals surface area contributed by atoms with Gasteiger partial charge in [0.25, 0.3) is 0 Å². The fourth-order valence-corrected chi connectivity index (χ4v) is 5.67. The van der Waals surface area contributed by atoms with Gasteiger partial charge in [-0.3, -0.25) is 9.59 Å². The molecular formula is C17H18BrN3O4S2. The number of amides is 2. The molecule has 0 saturated carbocycles. The van der Waals surface area contributed by atoms with Crippen LogP contribution in [-0.4, -0.2) is 37.5 Å². The smallest absolute Gasteiger partial charge is 0.227 e. The van der Waals surface area contributed by atoms with E-state index in [4.69, 9.17) is 0 Å². The minimum Gasteiger partial charge on any atom is -0.311 e. The highest BCUT2D eigenvalue weighted by atomic mass is 79.9. The monoisotopic (exact) mass is 471 g/mol. The van der Waals surface area contributed by atoms with E-state index in [1.165, 1.54) is 22.3 Å². The Bertz CT molecular complexity index is 974. The van der Waals surface area contributed by atoms with Crippen molar-refractivity contribution in [3.8, 4) is 0 Å². The number of rotatable bonds is 6. The fourth-order valence-electron chi connectivity index (χ4n) is 2.95. The van der Waals surface area contributed by atoms with Crippen LogP contribution in [0.3, 0.4) is 0 Å². The van der Waals surface area contributed by atoms with E-state index < -0.39 is 15.7 Å². The van der Waals surface area contributed by atoms with Crippen LogP contribution in [0, 0.1) is 0 Å². The van der Waals surface area contributed by atoms with Gasteiger partial charge in [0.1, 0.15) is 0 Å². The van der Waals surface area contributed by atoms with Crippen LogP contribution in [0.4, 0.5) is 10.8 Å². The molecule has 1 aromatic carbocycles. The highest BCUT2D eigenvalue weighted by Crippen LogP contribution is 2.38. The fraction of sp³-hybridized carbons (Fsp3) is 0.353. The molecule has 0 unspecified atom stereocenters. The zero-order valence-electron chi connectivity index (χ0n) is 14.6. The Balaban J connectivity index is 1.84. The molecule has 1 N–H and O–H groups in total. The molecule has 2 heterocycles. The normalized spacial score (nSPS) is 13.5. The van der Waals surface area contributed by atoms with Crippen molar-refractivity contribution in [2.24, 2.45) is 0 Å². The van der Waals surface area contributed by atoms with Crippen LogP contribution in [0.15, 0.2) is 33.1 Å². The zero-order valence-corrected chi connectivity index (χ0v) is 17.8. The van der Waals surface area contributed by atoms with Gasteiger partial charge in [-0.05, 0) is 24.1 Å². The number of aromatic nitrogens is 1. The van der Waals surface area contributed by atoms with Crippen molar-refractivity contribution in [2.45, 2.75) is 31.1 Å². The van der Waals surface area contributed by atoms with Crippen molar-refractivity contribution in [1.29, 1.82) is 0 Å². The summed E-state index contributed by atoms with van der Waals surface area (Å²) in [6.45, 7) is 2.21. The zero-order chi connectivity index (χ0) is 19.6. The summed E-state index contributed by atoms with van der Waals surface area (Å²) in [6, 6.07) is 3.35. The number of carbonyl (C=O) groups excluding carboxylic acids is 2. The number of hydrogen-bond acceptors (Lipinski definition) is 6. The second-order valence-electron chi connectivity index (χ2n) is 6.01. The summed E-state index contributed by atoms with van der Waals surface area (Å²) in [5.41, 5.74) is 1.27. The van der Waals surface area contributed by atoms with Crippen molar-refractivity contribution < 1.29 is 18.0 Å². The number of fused-ring (bicyclic) bond motifs is 1. The van der Waals surface area contributed by atoms with Crippen LogP contribution in [0.2, 0.25) is 0 Å². The lowest BCUT2D eigenvalue weighted by molar-refractivity contribution is -0.118. The second kappa shape index (κ2) is 8.07. The van der Waals surface area contributed by atoms with E-state index in [0.29, 0.717) is 34.7 Å². The molecule has 144 valence electrons. The quantitative estimate of drug-likeness (QED) is 0.698. The molecule has 0 aliphatic carbocycles. The van der Waals surface area contributed by atoms with E-state index in [-0.39, 0.29) is 23.0 Å². The summed E-state index contributed by atoms with van der Waals surface area (Å²) in [7, 11) is -3.76. The predicted molar refractivity (Wildman–Crippen MR) is 108 cm³/mol. The molecule has 0 radical (unpaired) electrons. The number of nitrogens with one attached hydrogen (secondary N) is 1. The highest BCUT2D eigenvalue weighted by Gasteiger charge is 2.32. The largest absolute Gasteiger partial charge is 0.311 e. The van der Waals surface area contributed by atoms with E-state index in [2.05, 4.69) is 26.2 Å². The van der Waals surface area contributed by atoms with Gasteiger partial charge in [0, 0.05) is 35.4 Å². The Hall–Kier alpha value is -1.78. The van der Waals surface area contributed by atoms with Gasteiger partial charge in [-0.15, -0.1) is 11.3 Å². The predicted octanol–water partition coefficient (Wildman–Crippen LogP) is 3.01. The number of benzene rings is 1. The first-order chi connectivity index (χ1) is 12.8. The van der Waals surface area contributed by atoms with Gasteiger partial charge in [-0.1, -0.05) is 22.9 Å². The number of halogens is 1. The van der Waals surface area contributed by atoms with Gasteiger partial charge in [0.05, 0.1) is 16.3 Å². The molecule has 7 nitrogen and oxygen atoms in total. The highest BCUT2D eigenvalue weighted by molar-refractivity contribution is 9.10. The summed E-state index contributed by atoms with van der Waals surface area (Å²) >= 11 is 4.61. The number of nitrogens with zero attached hydrogens (tertiary/aromatic N) is 2. The molecule has 2 aromatic rings. The number of hydrogen-bond donors (Lipinski definition) is 1. The van der Waals surface area contributed by atoms with Crippen LogP contribution in [0.1, 0.15) is 25.3 Å². The molecule has 0 atom stereocenters. The first kappa shape index (κ1) is 20.0. The molecule has 10 heteroatoms. The Morgan fingerprint density at radius 3 is 2.81 bits per heavy atom. The summed E-state index contributed by atoms with van der Waals surface area (Å²) < 4.78 is 26.5. The van der Waals surface area contributed by atoms with Crippen LogP contribution in [0.5, 0.6) is 0 Å². The van der Waals surface area contributed by atoms with Gasteiger partial charge >= 0.3 is 0 Å². The third-order valence-corrected chi connectivity index (χ3v) is 7.08. The van der Waals surface area contributed by atoms with Crippen molar-refractivity contribution in [3.63, 3.8) is 0 Å². The molecule has 2 amide bonds. The van der Waals surface area contributed by atoms with Crippen molar-refractivity contribution in [2.75, 3.05) is 22.5 Å². The Morgan fingerprint density at radius 2 is 2.15 bits per heavy atom. The number of anilines is 2. The van der Waals surface area contributed by atoms with Crippen LogP contribution in [-0.2, 0) is 25.8 Å². The molecule has 0 fully saturated rings. The minimum atomic E-state index is -3.76. The molecule has 1 aromatic heterocycles. The maximum Gasteiger partial charge on any atom is 0.227 e. The standard InChI is InChI=1S/C17H18BrN3O4S2/c1-2-15(23)21-6-3-11-9-12(18)10-13(16(11)21)27(24,25)8-4-14(22)20-17-19-5-7-26-17/h5,7,9-10H,2-4,6,8H2,1H3,(H,19,20,22). The molecule has 0 saturated heterocycles. The van der Waals surface area contributed by atoms with E-state index in [9.17, 15) is 18.0 Å². The average Bonchev–Trinajstić information content (AvgIpc) is 3.28. The second-order valence-corrected chi connectivity index (χ2v) is 9.90. The first-order valence-electron chi connectivity index (χ1n) is 8.36. The SMILES string of the molecule is CCC(=O)N1CCc2cc(Br)cc(S(=O)(=O)CCC(=O)Nc3nccs3)c21. The molecule has 27 heavy (non-hydrogen) atoms. The topological polar surface area (TPSA) is 96.4 Å². The van der Waals surface area contributed by atoms with Gasteiger partial charge in [0.15, 0.2) is 15.0 Å². The van der Waals surface area contributed by atoms with Crippen molar-refractivity contribution >= 4 is 59.7 Å².